The van der Waals surface area contributed by atoms with Crippen molar-refractivity contribution in [1.82, 2.24) is 9.55 Å². The van der Waals surface area contributed by atoms with Gasteiger partial charge < -0.3 is 19.3 Å². The maximum atomic E-state index is 13.6. The van der Waals surface area contributed by atoms with E-state index in [9.17, 15) is 14.3 Å². The normalized spacial score (nSPS) is 10.8. The first-order valence-electron chi connectivity index (χ1n) is 9.29. The molecule has 0 atom stereocenters. The molecule has 0 spiro atoms. The van der Waals surface area contributed by atoms with Crippen molar-refractivity contribution in [2.75, 3.05) is 21.3 Å². The molecular formula is C23H19FN2O5. The number of aromatic nitrogens is 2. The molecule has 31 heavy (non-hydrogen) atoms. The van der Waals surface area contributed by atoms with Gasteiger partial charge in [0.1, 0.15) is 28.6 Å². The number of fused-ring (bicyclic) bond motifs is 1. The van der Waals surface area contributed by atoms with E-state index in [1.54, 1.807) is 41.0 Å². The van der Waals surface area contributed by atoms with Crippen LogP contribution >= 0.6 is 0 Å². The topological polar surface area (TPSA) is 82.8 Å². The molecule has 0 bridgehead atoms. The van der Waals surface area contributed by atoms with E-state index in [2.05, 4.69) is 4.98 Å². The van der Waals surface area contributed by atoms with Crippen molar-refractivity contribution in [1.29, 1.82) is 0 Å². The minimum absolute atomic E-state index is 0.108. The second-order valence-corrected chi connectivity index (χ2v) is 6.67. The first-order valence-corrected chi connectivity index (χ1v) is 9.29. The summed E-state index contributed by atoms with van der Waals surface area (Å²) in [6.45, 7) is 0. The zero-order valence-corrected chi connectivity index (χ0v) is 17.0. The Labute approximate surface area is 177 Å². The highest BCUT2D eigenvalue weighted by molar-refractivity contribution is 5.95. The fourth-order valence-corrected chi connectivity index (χ4v) is 3.42. The molecule has 7 nitrogen and oxygen atoms in total. The largest absolute Gasteiger partial charge is 0.507 e. The number of phenols is 1. The minimum Gasteiger partial charge on any atom is -0.507 e. The molecule has 0 fully saturated rings. The summed E-state index contributed by atoms with van der Waals surface area (Å²) in [7, 11) is 4.25. The molecule has 0 saturated carbocycles. The zero-order valence-electron chi connectivity index (χ0n) is 17.0. The van der Waals surface area contributed by atoms with Crippen molar-refractivity contribution in [2.45, 2.75) is 0 Å². The lowest BCUT2D eigenvalue weighted by Gasteiger charge is -2.15. The Morgan fingerprint density at radius 3 is 2.39 bits per heavy atom. The van der Waals surface area contributed by atoms with Gasteiger partial charge in [-0.2, -0.15) is 0 Å². The number of ether oxygens (including phenoxy) is 3. The van der Waals surface area contributed by atoms with Crippen LogP contribution in [0.1, 0.15) is 10.4 Å². The van der Waals surface area contributed by atoms with Crippen LogP contribution in [0.5, 0.6) is 17.2 Å². The first kappa shape index (κ1) is 20.2. The molecule has 0 amide bonds. The molecule has 0 unspecified atom stereocenters. The van der Waals surface area contributed by atoms with Gasteiger partial charge in [0.05, 0.1) is 37.9 Å². The van der Waals surface area contributed by atoms with Gasteiger partial charge in [0.25, 0.3) is 0 Å². The summed E-state index contributed by atoms with van der Waals surface area (Å²) in [4.78, 5) is 16.6. The maximum Gasteiger partial charge on any atom is 0.337 e. The van der Waals surface area contributed by atoms with Gasteiger partial charge in [-0.25, -0.2) is 14.2 Å². The summed E-state index contributed by atoms with van der Waals surface area (Å²) in [5.41, 5.74) is 2.40. The van der Waals surface area contributed by atoms with Crippen LogP contribution in [-0.4, -0.2) is 42.0 Å². The summed E-state index contributed by atoms with van der Waals surface area (Å²) in [5, 5.41) is 10.8. The van der Waals surface area contributed by atoms with Crippen molar-refractivity contribution in [3.63, 3.8) is 0 Å². The monoisotopic (exact) mass is 422 g/mol. The number of methoxy groups -OCH3 is 3. The van der Waals surface area contributed by atoms with E-state index in [0.29, 0.717) is 45.2 Å². The number of benzene rings is 3. The number of rotatable bonds is 5. The minimum atomic E-state index is -0.496. The number of imidazole rings is 1. The van der Waals surface area contributed by atoms with Gasteiger partial charge in [-0.15, -0.1) is 0 Å². The van der Waals surface area contributed by atoms with E-state index in [0.717, 1.165) is 0 Å². The summed E-state index contributed by atoms with van der Waals surface area (Å²) in [5.74, 6) is 0.111. The number of halogens is 1. The highest BCUT2D eigenvalue weighted by Gasteiger charge is 2.23. The molecule has 1 heterocycles. The van der Waals surface area contributed by atoms with E-state index in [1.807, 2.05) is 0 Å². The number of aromatic hydroxyl groups is 1. The van der Waals surface area contributed by atoms with Gasteiger partial charge in [-0.3, -0.25) is 4.57 Å². The Morgan fingerprint density at radius 2 is 1.74 bits per heavy atom. The van der Waals surface area contributed by atoms with E-state index < -0.39 is 5.97 Å². The number of carbonyl (C=O) groups excluding carboxylic acids is 1. The quantitative estimate of drug-likeness (QED) is 0.482. The summed E-state index contributed by atoms with van der Waals surface area (Å²) < 4.78 is 30.8. The molecule has 0 aliphatic carbocycles. The Kier molecular flexibility index (Phi) is 5.21. The van der Waals surface area contributed by atoms with Crippen molar-refractivity contribution < 1.29 is 28.5 Å². The second kappa shape index (κ2) is 7.98. The molecule has 1 N–H and O–H groups in total. The predicted octanol–water partition coefficient (Wildman–Crippen LogP) is 4.34. The highest BCUT2D eigenvalue weighted by atomic mass is 19.1. The van der Waals surface area contributed by atoms with Gasteiger partial charge in [-0.05, 0) is 42.5 Å². The molecule has 0 radical (unpaired) electrons. The van der Waals surface area contributed by atoms with Crippen molar-refractivity contribution in [3.05, 3.63) is 66.0 Å². The molecule has 158 valence electrons. The lowest BCUT2D eigenvalue weighted by Crippen LogP contribution is -2.01. The SMILES string of the molecule is COC(=O)c1ccc2c(c1)nc(-c1c(O)cc(OC)cc1OC)n2-c1ccc(F)cc1. The van der Waals surface area contributed by atoms with Crippen LogP contribution in [0.2, 0.25) is 0 Å². The van der Waals surface area contributed by atoms with Crippen LogP contribution in [0.25, 0.3) is 28.1 Å². The van der Waals surface area contributed by atoms with Crippen LogP contribution in [-0.2, 0) is 4.74 Å². The summed E-state index contributed by atoms with van der Waals surface area (Å²) >= 11 is 0. The van der Waals surface area contributed by atoms with Gasteiger partial charge in [0.15, 0.2) is 5.82 Å². The highest BCUT2D eigenvalue weighted by Crippen LogP contribution is 2.42. The van der Waals surface area contributed by atoms with Crippen LogP contribution in [0.4, 0.5) is 4.39 Å². The Morgan fingerprint density at radius 1 is 1.00 bits per heavy atom. The zero-order chi connectivity index (χ0) is 22.1. The van der Waals surface area contributed by atoms with Gasteiger partial charge >= 0.3 is 5.97 Å². The summed E-state index contributed by atoms with van der Waals surface area (Å²) in [6.07, 6.45) is 0. The Balaban J connectivity index is 2.06. The number of hydrogen-bond donors (Lipinski definition) is 1. The fourth-order valence-electron chi connectivity index (χ4n) is 3.42. The van der Waals surface area contributed by atoms with E-state index >= 15 is 0 Å². The van der Waals surface area contributed by atoms with Crippen LogP contribution in [0.3, 0.4) is 0 Å². The maximum absolute atomic E-state index is 13.6. The number of esters is 1. The molecule has 0 aliphatic heterocycles. The number of hydrogen-bond acceptors (Lipinski definition) is 6. The number of carbonyl (C=O) groups is 1. The van der Waals surface area contributed by atoms with Crippen LogP contribution in [0, 0.1) is 5.82 Å². The average molecular weight is 422 g/mol. The van der Waals surface area contributed by atoms with Crippen molar-refractivity contribution in [2.24, 2.45) is 0 Å². The van der Waals surface area contributed by atoms with E-state index in [1.165, 1.54) is 39.5 Å². The smallest absolute Gasteiger partial charge is 0.337 e. The van der Waals surface area contributed by atoms with Crippen LogP contribution in [0.15, 0.2) is 54.6 Å². The lowest BCUT2D eigenvalue weighted by atomic mass is 10.1. The third-order valence-corrected chi connectivity index (χ3v) is 4.89. The molecule has 3 aromatic carbocycles. The molecule has 8 heteroatoms. The fraction of sp³-hybridized carbons (Fsp3) is 0.130. The molecule has 1 aromatic heterocycles. The van der Waals surface area contributed by atoms with Crippen molar-refractivity contribution in [3.8, 4) is 34.3 Å². The molecule has 4 rings (SSSR count). The molecular weight excluding hydrogens is 403 g/mol. The lowest BCUT2D eigenvalue weighted by molar-refractivity contribution is 0.0601. The first-order chi connectivity index (χ1) is 15.0. The van der Waals surface area contributed by atoms with Gasteiger partial charge in [0.2, 0.25) is 0 Å². The van der Waals surface area contributed by atoms with Crippen LogP contribution < -0.4 is 9.47 Å². The van der Waals surface area contributed by atoms with E-state index in [4.69, 9.17) is 14.2 Å². The molecule has 4 aromatic rings. The van der Waals surface area contributed by atoms with Gasteiger partial charge in [-0.1, -0.05) is 0 Å². The van der Waals surface area contributed by atoms with Gasteiger partial charge in [0, 0.05) is 17.8 Å². The average Bonchev–Trinajstić information content (AvgIpc) is 3.16. The predicted molar refractivity (Wildman–Crippen MR) is 113 cm³/mol. The molecule has 0 saturated heterocycles. The Bertz CT molecular complexity index is 1280. The second-order valence-electron chi connectivity index (χ2n) is 6.67. The van der Waals surface area contributed by atoms with Crippen molar-refractivity contribution >= 4 is 17.0 Å². The third kappa shape index (κ3) is 3.52. The number of nitrogens with zero attached hydrogens (tertiary/aromatic N) is 2. The molecule has 0 aliphatic rings. The standard InChI is InChI=1S/C23H19FN2O5/c1-29-16-11-19(27)21(20(12-16)30-2)22-25-17-10-13(23(28)31-3)4-9-18(17)26(22)15-7-5-14(24)6-8-15/h4-12,27H,1-3H3. The van der Waals surface area contributed by atoms with E-state index in [-0.39, 0.29) is 11.6 Å². The Hall–Kier alpha value is -4.07. The third-order valence-electron chi connectivity index (χ3n) is 4.89. The summed E-state index contributed by atoms with van der Waals surface area (Å²) in [6, 6.07) is 13.9. The number of phenolic OH excluding ortho intramolecular Hbond substituents is 1.